The first-order valence-electron chi connectivity index (χ1n) is 8.80. The number of nitrogens with one attached hydrogen (secondary N) is 1. The Bertz CT molecular complexity index is 1170. The molecule has 1 heterocycles. The molecule has 1 aromatic heterocycles. The van der Waals surface area contributed by atoms with Crippen molar-refractivity contribution in [2.45, 2.75) is 25.2 Å². The van der Waals surface area contributed by atoms with Crippen molar-refractivity contribution in [3.05, 3.63) is 81.2 Å². The molecule has 0 saturated carbocycles. The average molecular weight is 413 g/mol. The van der Waals surface area contributed by atoms with E-state index in [1.807, 2.05) is 13.0 Å². The first-order valence-corrected chi connectivity index (χ1v) is 10.3. The zero-order valence-electron chi connectivity index (χ0n) is 15.8. The average Bonchev–Trinajstić information content (AvgIpc) is 3.07. The van der Waals surface area contributed by atoms with Crippen molar-refractivity contribution in [1.29, 1.82) is 0 Å². The third-order valence-electron chi connectivity index (χ3n) is 4.24. The Balaban J connectivity index is 1.78. The van der Waals surface area contributed by atoms with Crippen LogP contribution in [0.3, 0.4) is 0 Å². The standard InChI is InChI=1S/C20H19N3O5S/c1-3-15-5-4-6-17(13-15)22-29(26,27)18-10-7-16(8-11-18)9-12-19-20(23(24)25)14(2)21-28-19/h4-13,22H,3H2,1-2H3/b12-9+. The summed E-state index contributed by atoms with van der Waals surface area (Å²) in [5, 5.41) is 14.7. The van der Waals surface area contributed by atoms with E-state index < -0.39 is 14.9 Å². The molecule has 3 rings (SSSR count). The van der Waals surface area contributed by atoms with E-state index in [1.165, 1.54) is 25.1 Å². The highest BCUT2D eigenvalue weighted by atomic mass is 32.2. The van der Waals surface area contributed by atoms with Crippen LogP contribution in [0.15, 0.2) is 57.9 Å². The van der Waals surface area contributed by atoms with Crippen molar-refractivity contribution >= 4 is 33.6 Å². The van der Waals surface area contributed by atoms with E-state index in [-0.39, 0.29) is 22.0 Å². The molecule has 3 aromatic rings. The van der Waals surface area contributed by atoms with Gasteiger partial charge in [0.25, 0.3) is 10.0 Å². The van der Waals surface area contributed by atoms with E-state index in [0.29, 0.717) is 11.3 Å². The summed E-state index contributed by atoms with van der Waals surface area (Å²) in [5.74, 6) is 0.0293. The molecule has 0 fully saturated rings. The van der Waals surface area contributed by atoms with Crippen molar-refractivity contribution in [3.63, 3.8) is 0 Å². The van der Waals surface area contributed by atoms with Crippen LogP contribution in [0, 0.1) is 17.0 Å². The molecule has 0 unspecified atom stereocenters. The summed E-state index contributed by atoms with van der Waals surface area (Å²) in [5.41, 5.74) is 2.18. The number of nitro groups is 1. The molecule has 0 bridgehead atoms. The Morgan fingerprint density at radius 3 is 2.55 bits per heavy atom. The number of aromatic nitrogens is 1. The van der Waals surface area contributed by atoms with E-state index >= 15 is 0 Å². The van der Waals surface area contributed by atoms with Gasteiger partial charge in [-0.05, 0) is 54.8 Å². The molecular weight excluding hydrogens is 394 g/mol. The van der Waals surface area contributed by atoms with Gasteiger partial charge in [0.15, 0.2) is 5.69 Å². The Kier molecular flexibility index (Phi) is 5.79. The molecule has 8 nitrogen and oxygen atoms in total. The lowest BCUT2D eigenvalue weighted by Gasteiger charge is -2.09. The molecule has 0 saturated heterocycles. The lowest BCUT2D eigenvalue weighted by Crippen LogP contribution is -2.13. The number of nitrogens with zero attached hydrogens (tertiary/aromatic N) is 2. The van der Waals surface area contributed by atoms with Crippen LogP contribution in [0.1, 0.15) is 29.5 Å². The highest BCUT2D eigenvalue weighted by Crippen LogP contribution is 2.25. The lowest BCUT2D eigenvalue weighted by molar-refractivity contribution is -0.386. The van der Waals surface area contributed by atoms with Gasteiger partial charge in [0.2, 0.25) is 5.76 Å². The van der Waals surface area contributed by atoms with Crippen LogP contribution in [0.2, 0.25) is 0 Å². The van der Waals surface area contributed by atoms with Crippen LogP contribution in [0.5, 0.6) is 0 Å². The maximum absolute atomic E-state index is 12.6. The van der Waals surface area contributed by atoms with Crippen molar-refractivity contribution in [2.75, 3.05) is 4.72 Å². The van der Waals surface area contributed by atoms with Crippen LogP contribution in [0.4, 0.5) is 11.4 Å². The zero-order valence-corrected chi connectivity index (χ0v) is 16.6. The molecule has 150 valence electrons. The summed E-state index contributed by atoms with van der Waals surface area (Å²) in [6.07, 6.45) is 3.82. The quantitative estimate of drug-likeness (QED) is 0.453. The first kappa shape index (κ1) is 20.3. The Morgan fingerprint density at radius 2 is 1.90 bits per heavy atom. The Hall–Kier alpha value is -3.46. The van der Waals surface area contributed by atoms with Gasteiger partial charge in [-0.1, -0.05) is 42.4 Å². The van der Waals surface area contributed by atoms with Crippen LogP contribution in [0.25, 0.3) is 12.2 Å². The van der Waals surface area contributed by atoms with Gasteiger partial charge in [-0.3, -0.25) is 14.8 Å². The molecule has 0 radical (unpaired) electrons. The molecule has 0 spiro atoms. The molecule has 1 N–H and O–H groups in total. The van der Waals surface area contributed by atoms with Crippen molar-refractivity contribution in [2.24, 2.45) is 0 Å². The highest BCUT2D eigenvalue weighted by Gasteiger charge is 2.22. The predicted octanol–water partition coefficient (Wildman–Crippen LogP) is 4.42. The number of sulfonamides is 1. The van der Waals surface area contributed by atoms with Gasteiger partial charge in [0.1, 0.15) is 0 Å². The largest absolute Gasteiger partial charge is 0.349 e. The zero-order chi connectivity index (χ0) is 21.0. The SMILES string of the molecule is CCc1cccc(NS(=O)(=O)c2ccc(/C=C/c3onc(C)c3[N+](=O)[O-])cc2)c1. The highest BCUT2D eigenvalue weighted by molar-refractivity contribution is 7.92. The molecule has 0 aliphatic rings. The molecule has 0 aliphatic heterocycles. The van der Waals surface area contributed by atoms with Gasteiger partial charge < -0.3 is 4.52 Å². The molecule has 0 aliphatic carbocycles. The summed E-state index contributed by atoms with van der Waals surface area (Å²) < 4.78 is 32.7. The molecule has 0 atom stereocenters. The second-order valence-electron chi connectivity index (χ2n) is 6.30. The summed E-state index contributed by atoms with van der Waals surface area (Å²) >= 11 is 0. The third-order valence-corrected chi connectivity index (χ3v) is 5.64. The van der Waals surface area contributed by atoms with E-state index in [1.54, 1.807) is 36.4 Å². The lowest BCUT2D eigenvalue weighted by atomic mass is 10.1. The number of anilines is 1. The van der Waals surface area contributed by atoms with E-state index in [9.17, 15) is 18.5 Å². The summed E-state index contributed by atoms with van der Waals surface area (Å²) in [6.45, 7) is 3.48. The first-order chi connectivity index (χ1) is 13.8. The van der Waals surface area contributed by atoms with Crippen LogP contribution >= 0.6 is 0 Å². The Labute approximate surface area is 168 Å². The van der Waals surface area contributed by atoms with Crippen molar-refractivity contribution < 1.29 is 17.9 Å². The number of benzene rings is 2. The number of hydrogen-bond acceptors (Lipinski definition) is 6. The molecule has 29 heavy (non-hydrogen) atoms. The number of hydrogen-bond donors (Lipinski definition) is 1. The van der Waals surface area contributed by atoms with Crippen LogP contribution < -0.4 is 4.72 Å². The van der Waals surface area contributed by atoms with Gasteiger partial charge in [0, 0.05) is 5.69 Å². The second-order valence-corrected chi connectivity index (χ2v) is 7.98. The smallest absolute Gasteiger partial charge is 0.338 e. The minimum absolute atomic E-state index is 0.0293. The predicted molar refractivity (Wildman–Crippen MR) is 110 cm³/mol. The summed E-state index contributed by atoms with van der Waals surface area (Å²) in [7, 11) is -3.73. The monoisotopic (exact) mass is 413 g/mol. The van der Waals surface area contributed by atoms with Crippen LogP contribution in [-0.2, 0) is 16.4 Å². The topological polar surface area (TPSA) is 115 Å². The van der Waals surface area contributed by atoms with Crippen molar-refractivity contribution in [1.82, 2.24) is 5.16 Å². The minimum atomic E-state index is -3.73. The van der Waals surface area contributed by atoms with E-state index in [2.05, 4.69) is 9.88 Å². The van der Waals surface area contributed by atoms with Gasteiger partial charge in [-0.2, -0.15) is 0 Å². The summed E-state index contributed by atoms with van der Waals surface area (Å²) in [6, 6.07) is 13.3. The van der Waals surface area contributed by atoms with Gasteiger partial charge in [-0.25, -0.2) is 8.42 Å². The van der Waals surface area contributed by atoms with Gasteiger partial charge in [-0.15, -0.1) is 0 Å². The second kappa shape index (κ2) is 8.27. The maximum atomic E-state index is 12.6. The maximum Gasteiger partial charge on any atom is 0.338 e. The molecule has 0 amide bonds. The van der Waals surface area contributed by atoms with Gasteiger partial charge in [0.05, 0.1) is 9.82 Å². The number of aryl methyl sites for hydroxylation is 2. The number of rotatable bonds is 7. The fourth-order valence-corrected chi connectivity index (χ4v) is 3.76. The third kappa shape index (κ3) is 4.69. The Morgan fingerprint density at radius 1 is 1.17 bits per heavy atom. The van der Waals surface area contributed by atoms with E-state index in [4.69, 9.17) is 4.52 Å². The fourth-order valence-electron chi connectivity index (χ4n) is 2.71. The molecule has 2 aromatic carbocycles. The van der Waals surface area contributed by atoms with Crippen LogP contribution in [-0.4, -0.2) is 18.5 Å². The molecule has 9 heteroatoms. The minimum Gasteiger partial charge on any atom is -0.349 e. The van der Waals surface area contributed by atoms with Gasteiger partial charge >= 0.3 is 5.69 Å². The molecular formula is C20H19N3O5S. The normalized spacial score (nSPS) is 11.7. The van der Waals surface area contributed by atoms with E-state index in [0.717, 1.165) is 12.0 Å². The summed E-state index contributed by atoms with van der Waals surface area (Å²) in [4.78, 5) is 10.6. The fraction of sp³-hybridized carbons (Fsp3) is 0.150. The van der Waals surface area contributed by atoms with Crippen molar-refractivity contribution in [3.8, 4) is 0 Å².